The van der Waals surface area contributed by atoms with Crippen LogP contribution < -0.4 is 20.3 Å². The third-order valence-electron chi connectivity index (χ3n) is 7.69. The molecule has 2 aliphatic rings. The number of amides is 2. The third kappa shape index (κ3) is 7.42. The van der Waals surface area contributed by atoms with Gasteiger partial charge in [-0.3, -0.25) is 14.5 Å². The molecular formula is C31H37Cl3N6O3. The molecule has 0 atom stereocenters. The van der Waals surface area contributed by atoms with E-state index in [4.69, 9.17) is 9.72 Å². The van der Waals surface area contributed by atoms with E-state index >= 15 is 0 Å². The van der Waals surface area contributed by atoms with Gasteiger partial charge in [-0.1, -0.05) is 24.3 Å². The van der Waals surface area contributed by atoms with Crippen LogP contribution in [0.4, 0.5) is 11.4 Å². The highest BCUT2D eigenvalue weighted by Gasteiger charge is 2.24. The highest BCUT2D eigenvalue weighted by molar-refractivity contribution is 6.11. The number of aryl methyl sites for hydroxylation is 1. The lowest BCUT2D eigenvalue weighted by Gasteiger charge is -2.26. The maximum Gasteiger partial charge on any atom is 0.259 e. The Morgan fingerprint density at radius 2 is 1.74 bits per heavy atom. The van der Waals surface area contributed by atoms with Crippen molar-refractivity contribution in [2.75, 3.05) is 50.1 Å². The lowest BCUT2D eigenvalue weighted by atomic mass is 10.1. The van der Waals surface area contributed by atoms with Crippen molar-refractivity contribution in [2.45, 2.75) is 25.8 Å². The zero-order valence-electron chi connectivity index (χ0n) is 23.9. The molecule has 1 fully saturated rings. The number of para-hydroxylation sites is 2. The standard InChI is InChI=1S/C31H34N6O3.3ClH/c1-40-27-19-22(31(39)37-16-5-4-8-21-7-2-3-11-26(21)37)12-13-23(27)30(38)34-25-10-6-9-24-29(25)35-28(33-24)20-36-17-14-32-15-18-36;;;/h2-3,6-7,9-13,19,32H,4-5,8,14-18,20H2,1H3,(H,33,35)(H,34,38);3*1H. The van der Waals surface area contributed by atoms with E-state index in [-0.39, 0.29) is 49.0 Å². The van der Waals surface area contributed by atoms with Crippen LogP contribution in [0, 0.1) is 0 Å². The summed E-state index contributed by atoms with van der Waals surface area (Å²) in [5, 5.41) is 6.37. The van der Waals surface area contributed by atoms with Gasteiger partial charge in [-0.05, 0) is 61.2 Å². The molecule has 2 amide bonds. The molecule has 3 N–H and O–H groups in total. The highest BCUT2D eigenvalue weighted by atomic mass is 35.5. The Labute approximate surface area is 270 Å². The molecule has 0 spiro atoms. The summed E-state index contributed by atoms with van der Waals surface area (Å²) in [6.45, 7) is 5.28. The quantitative estimate of drug-likeness (QED) is 0.256. The average Bonchev–Trinajstić information content (AvgIpc) is 3.28. The number of halogens is 3. The minimum absolute atomic E-state index is 0. The minimum Gasteiger partial charge on any atom is -0.496 e. The number of fused-ring (bicyclic) bond motifs is 2. The summed E-state index contributed by atoms with van der Waals surface area (Å²) in [4.78, 5) is 39.4. The van der Waals surface area contributed by atoms with Crippen LogP contribution in [-0.2, 0) is 13.0 Å². The monoisotopic (exact) mass is 646 g/mol. The predicted molar refractivity (Wildman–Crippen MR) is 178 cm³/mol. The number of piperazine rings is 1. The van der Waals surface area contributed by atoms with Gasteiger partial charge in [0.25, 0.3) is 11.8 Å². The molecule has 4 aromatic rings. The van der Waals surface area contributed by atoms with Crippen molar-refractivity contribution >= 4 is 71.4 Å². The number of aromatic amines is 1. The summed E-state index contributed by atoms with van der Waals surface area (Å²) >= 11 is 0. The number of aromatic nitrogens is 2. The van der Waals surface area contributed by atoms with E-state index < -0.39 is 0 Å². The van der Waals surface area contributed by atoms with E-state index in [1.54, 1.807) is 18.2 Å². The molecule has 0 aliphatic carbocycles. The first kappa shape index (κ1) is 34.2. The van der Waals surface area contributed by atoms with Crippen molar-refractivity contribution in [1.29, 1.82) is 0 Å². The first-order chi connectivity index (χ1) is 19.6. The average molecular weight is 648 g/mol. The number of hydrogen-bond donors (Lipinski definition) is 3. The van der Waals surface area contributed by atoms with Crippen LogP contribution in [0.5, 0.6) is 5.75 Å². The first-order valence-electron chi connectivity index (χ1n) is 13.9. The molecule has 3 aromatic carbocycles. The topological polar surface area (TPSA) is 103 Å². The van der Waals surface area contributed by atoms with Gasteiger partial charge in [-0.25, -0.2) is 4.98 Å². The van der Waals surface area contributed by atoms with E-state index in [1.807, 2.05) is 41.3 Å². The van der Waals surface area contributed by atoms with Crippen LogP contribution in [0.2, 0.25) is 0 Å². The number of carbonyl (C=O) groups is 2. The molecule has 12 heteroatoms. The fourth-order valence-electron chi connectivity index (χ4n) is 5.60. The molecule has 6 rings (SSSR count). The maximum atomic E-state index is 13.6. The number of H-pyrrole nitrogens is 1. The van der Waals surface area contributed by atoms with Gasteiger partial charge in [0.1, 0.15) is 17.1 Å². The highest BCUT2D eigenvalue weighted by Crippen LogP contribution is 2.30. The Kier molecular flexibility index (Phi) is 12.2. The number of imidazole rings is 1. The second kappa shape index (κ2) is 15.4. The van der Waals surface area contributed by atoms with Crippen LogP contribution in [0.1, 0.15) is 44.9 Å². The predicted octanol–water partition coefficient (Wildman–Crippen LogP) is 5.48. The molecule has 2 aliphatic heterocycles. The second-order valence-corrected chi connectivity index (χ2v) is 10.3. The number of methoxy groups -OCH3 is 1. The normalized spacial score (nSPS) is 14.8. The van der Waals surface area contributed by atoms with Gasteiger partial charge in [0.2, 0.25) is 0 Å². The van der Waals surface area contributed by atoms with Gasteiger partial charge in [0.05, 0.1) is 30.4 Å². The van der Waals surface area contributed by atoms with Crippen LogP contribution in [0.3, 0.4) is 0 Å². The number of hydrogen-bond acceptors (Lipinski definition) is 6. The lowest BCUT2D eigenvalue weighted by Crippen LogP contribution is -2.43. The van der Waals surface area contributed by atoms with Crippen molar-refractivity contribution in [3.8, 4) is 5.75 Å². The van der Waals surface area contributed by atoms with Crippen molar-refractivity contribution in [2.24, 2.45) is 0 Å². The number of ether oxygens (including phenoxy) is 1. The van der Waals surface area contributed by atoms with Gasteiger partial charge in [-0.15, -0.1) is 37.2 Å². The lowest BCUT2D eigenvalue weighted by molar-refractivity contribution is 0.0982. The van der Waals surface area contributed by atoms with Crippen molar-refractivity contribution in [3.05, 3.63) is 83.2 Å². The van der Waals surface area contributed by atoms with Crippen LogP contribution in [-0.4, -0.2) is 66.5 Å². The summed E-state index contributed by atoms with van der Waals surface area (Å²) in [6.07, 6.45) is 2.94. The molecule has 0 bridgehead atoms. The van der Waals surface area contributed by atoms with Gasteiger partial charge in [0, 0.05) is 44.0 Å². The second-order valence-electron chi connectivity index (χ2n) is 10.3. The minimum atomic E-state index is -0.324. The summed E-state index contributed by atoms with van der Waals surface area (Å²) in [7, 11) is 1.51. The van der Waals surface area contributed by atoms with Crippen molar-refractivity contribution in [1.82, 2.24) is 20.2 Å². The molecule has 0 unspecified atom stereocenters. The largest absolute Gasteiger partial charge is 0.496 e. The molecule has 3 heterocycles. The number of nitrogens with zero attached hydrogens (tertiary/aromatic N) is 3. The van der Waals surface area contributed by atoms with Crippen molar-refractivity contribution in [3.63, 3.8) is 0 Å². The number of benzene rings is 3. The molecule has 230 valence electrons. The SMILES string of the molecule is COc1cc(C(=O)N2CCCCc3ccccc32)ccc1C(=O)Nc1cccc2[nH]c(CN3CCNCC3)nc12.Cl.Cl.Cl. The fraction of sp³-hybridized carbons (Fsp3) is 0.323. The number of rotatable bonds is 6. The molecule has 43 heavy (non-hydrogen) atoms. The van der Waals surface area contributed by atoms with Gasteiger partial charge in [-0.2, -0.15) is 0 Å². The van der Waals surface area contributed by atoms with E-state index in [2.05, 4.69) is 26.6 Å². The number of anilines is 2. The summed E-state index contributed by atoms with van der Waals surface area (Å²) in [6, 6.07) is 18.8. The maximum absolute atomic E-state index is 13.6. The molecule has 9 nitrogen and oxygen atoms in total. The zero-order valence-corrected chi connectivity index (χ0v) is 26.4. The van der Waals surface area contributed by atoms with Crippen molar-refractivity contribution < 1.29 is 14.3 Å². The van der Waals surface area contributed by atoms with Gasteiger partial charge in [0.15, 0.2) is 0 Å². The Morgan fingerprint density at radius 1 is 0.953 bits per heavy atom. The van der Waals surface area contributed by atoms with Crippen LogP contribution >= 0.6 is 37.2 Å². The summed E-state index contributed by atoms with van der Waals surface area (Å²) in [5.41, 5.74) is 5.17. The first-order valence-corrected chi connectivity index (χ1v) is 13.9. The van der Waals surface area contributed by atoms with Gasteiger partial charge >= 0.3 is 0 Å². The van der Waals surface area contributed by atoms with E-state index in [9.17, 15) is 9.59 Å². The number of carbonyl (C=O) groups excluding carboxylic acids is 2. The third-order valence-corrected chi connectivity index (χ3v) is 7.69. The molecule has 1 saturated heterocycles. The Hall–Kier alpha value is -3.34. The fourth-order valence-corrected chi connectivity index (χ4v) is 5.60. The van der Waals surface area contributed by atoms with E-state index in [1.165, 1.54) is 12.7 Å². The van der Waals surface area contributed by atoms with Gasteiger partial charge < -0.3 is 25.3 Å². The molecule has 0 saturated carbocycles. The Balaban J connectivity index is 0.00000169. The number of nitrogens with one attached hydrogen (secondary N) is 3. The Morgan fingerprint density at radius 3 is 2.53 bits per heavy atom. The summed E-state index contributed by atoms with van der Waals surface area (Å²) in [5.74, 6) is 0.794. The summed E-state index contributed by atoms with van der Waals surface area (Å²) < 4.78 is 5.59. The zero-order chi connectivity index (χ0) is 27.5. The van der Waals surface area contributed by atoms with Crippen LogP contribution in [0.15, 0.2) is 60.7 Å². The van der Waals surface area contributed by atoms with E-state index in [0.29, 0.717) is 34.6 Å². The van der Waals surface area contributed by atoms with E-state index in [0.717, 1.165) is 69.0 Å². The molecule has 0 radical (unpaired) electrons. The molecule has 1 aromatic heterocycles. The smallest absolute Gasteiger partial charge is 0.259 e. The van der Waals surface area contributed by atoms with Crippen LogP contribution in [0.25, 0.3) is 11.0 Å². The Bertz CT molecular complexity index is 1560. The molecular weight excluding hydrogens is 611 g/mol.